The van der Waals surface area contributed by atoms with Crippen LogP contribution in [0, 0.1) is 11.3 Å². The van der Waals surface area contributed by atoms with Gasteiger partial charge in [0, 0.05) is 30.0 Å². The van der Waals surface area contributed by atoms with Crippen molar-refractivity contribution >= 4 is 12.0 Å². The number of carbonyl (C=O) groups is 2. The molecule has 0 radical (unpaired) electrons. The van der Waals surface area contributed by atoms with E-state index in [0.29, 0.717) is 30.1 Å². The third kappa shape index (κ3) is 3.88. The number of benzene rings is 1. The monoisotopic (exact) mass is 398 g/mol. The average Bonchev–Trinajstić information content (AvgIpc) is 3.10. The number of nitrogens with zero attached hydrogens (tertiary/aromatic N) is 1. The van der Waals surface area contributed by atoms with Crippen LogP contribution in [0.15, 0.2) is 24.3 Å². The van der Waals surface area contributed by atoms with Crippen LogP contribution in [0.3, 0.4) is 0 Å². The van der Waals surface area contributed by atoms with Gasteiger partial charge >= 0.3 is 6.09 Å². The van der Waals surface area contributed by atoms with Crippen molar-refractivity contribution in [3.8, 4) is 0 Å². The maximum atomic E-state index is 12.8. The molecule has 1 spiro atoms. The first-order valence-electron chi connectivity index (χ1n) is 11.0. The first kappa shape index (κ1) is 20.2. The van der Waals surface area contributed by atoms with E-state index in [0.717, 1.165) is 13.1 Å². The first-order valence-corrected chi connectivity index (χ1v) is 11.0. The standard InChI is InChI=1S/C24H34N2O3/c1-16(2)17-6-5-7-18(10-17)19-8-9-24(13-19)14-26(15-24)21(27)20-11-23(3,12-20)25-22(28)29-4/h5-7,10,16,19-20H,8-9,11-15H2,1-4H3,(H,25,28)/t19?,20-,23+. The molecule has 1 N–H and O–H groups in total. The van der Waals surface area contributed by atoms with Gasteiger partial charge in [0.1, 0.15) is 0 Å². The summed E-state index contributed by atoms with van der Waals surface area (Å²) < 4.78 is 4.68. The predicted molar refractivity (Wildman–Crippen MR) is 113 cm³/mol. The lowest BCUT2D eigenvalue weighted by atomic mass is 9.67. The molecular weight excluding hydrogens is 364 g/mol. The fraction of sp³-hybridized carbons (Fsp3) is 0.667. The quantitative estimate of drug-likeness (QED) is 0.816. The Morgan fingerprint density at radius 3 is 2.59 bits per heavy atom. The van der Waals surface area contributed by atoms with Crippen LogP contribution in [0.2, 0.25) is 0 Å². The van der Waals surface area contributed by atoms with Gasteiger partial charge in [-0.1, -0.05) is 38.1 Å². The molecule has 1 saturated heterocycles. The lowest BCUT2D eigenvalue weighted by Gasteiger charge is -2.53. The predicted octanol–water partition coefficient (Wildman–Crippen LogP) is 4.43. The number of amides is 2. The van der Waals surface area contributed by atoms with E-state index in [4.69, 9.17) is 0 Å². The van der Waals surface area contributed by atoms with E-state index >= 15 is 0 Å². The number of hydrogen-bond donors (Lipinski definition) is 1. The summed E-state index contributed by atoms with van der Waals surface area (Å²) in [6.45, 7) is 8.29. The van der Waals surface area contributed by atoms with Crippen molar-refractivity contribution < 1.29 is 14.3 Å². The fourth-order valence-electron chi connectivity index (χ4n) is 5.73. The highest BCUT2D eigenvalue weighted by Crippen LogP contribution is 2.53. The summed E-state index contributed by atoms with van der Waals surface area (Å²) in [6.07, 6.45) is 4.64. The molecule has 0 aromatic heterocycles. The van der Waals surface area contributed by atoms with Gasteiger partial charge < -0.3 is 15.0 Å². The van der Waals surface area contributed by atoms with Gasteiger partial charge in [0.15, 0.2) is 0 Å². The van der Waals surface area contributed by atoms with Crippen LogP contribution < -0.4 is 5.32 Å². The minimum absolute atomic E-state index is 0.0365. The highest BCUT2D eigenvalue weighted by atomic mass is 16.5. The molecule has 0 bridgehead atoms. The van der Waals surface area contributed by atoms with Crippen molar-refractivity contribution in [1.29, 1.82) is 0 Å². The van der Waals surface area contributed by atoms with Gasteiger partial charge in [-0.3, -0.25) is 4.79 Å². The van der Waals surface area contributed by atoms with Gasteiger partial charge in [0.05, 0.1) is 7.11 Å². The summed E-state index contributed by atoms with van der Waals surface area (Å²) in [7, 11) is 1.37. The van der Waals surface area contributed by atoms with Crippen molar-refractivity contribution in [1.82, 2.24) is 10.2 Å². The molecule has 5 nitrogen and oxygen atoms in total. The van der Waals surface area contributed by atoms with E-state index in [1.165, 1.54) is 37.5 Å². The van der Waals surface area contributed by atoms with Crippen molar-refractivity contribution in [3.05, 3.63) is 35.4 Å². The molecule has 1 atom stereocenters. The summed E-state index contributed by atoms with van der Waals surface area (Å²) in [5.74, 6) is 1.49. The topological polar surface area (TPSA) is 58.6 Å². The van der Waals surface area contributed by atoms with Crippen LogP contribution in [-0.4, -0.2) is 42.6 Å². The fourth-order valence-corrected chi connectivity index (χ4v) is 5.73. The Hall–Kier alpha value is -2.04. The van der Waals surface area contributed by atoms with Crippen molar-refractivity contribution in [2.45, 2.75) is 70.3 Å². The Labute approximate surface area is 174 Å². The Bertz CT molecular complexity index is 791. The van der Waals surface area contributed by atoms with Crippen molar-refractivity contribution in [2.24, 2.45) is 11.3 Å². The number of rotatable bonds is 4. The minimum atomic E-state index is -0.417. The van der Waals surface area contributed by atoms with Crippen molar-refractivity contribution in [3.63, 3.8) is 0 Å². The minimum Gasteiger partial charge on any atom is -0.453 e. The molecule has 3 aliphatic rings. The SMILES string of the molecule is COC(=O)N[C@]1(C)C[C@H](C(=O)N2CC3(CCC(c4cccc(C(C)C)c4)C3)C2)C1. The molecular formula is C24H34N2O3. The zero-order chi connectivity index (χ0) is 20.8. The highest BCUT2D eigenvalue weighted by molar-refractivity contribution is 5.82. The van der Waals surface area contributed by atoms with Gasteiger partial charge in [0.2, 0.25) is 5.91 Å². The number of methoxy groups -OCH3 is 1. The Kier molecular flexibility index (Phi) is 5.12. The zero-order valence-corrected chi connectivity index (χ0v) is 18.2. The molecule has 1 unspecified atom stereocenters. The Morgan fingerprint density at radius 1 is 1.21 bits per heavy atom. The van der Waals surface area contributed by atoms with Crippen LogP contribution in [0.25, 0.3) is 0 Å². The lowest BCUT2D eigenvalue weighted by molar-refractivity contribution is -0.153. The second-order valence-electron chi connectivity index (χ2n) is 10.2. The van der Waals surface area contributed by atoms with Crippen molar-refractivity contribution in [2.75, 3.05) is 20.2 Å². The molecule has 158 valence electrons. The number of likely N-dealkylation sites (tertiary alicyclic amines) is 1. The molecule has 4 rings (SSSR count). The summed E-state index contributed by atoms with van der Waals surface area (Å²) in [4.78, 5) is 26.3. The summed E-state index contributed by atoms with van der Waals surface area (Å²) in [6, 6.07) is 9.09. The summed E-state index contributed by atoms with van der Waals surface area (Å²) in [5, 5.41) is 2.86. The number of ether oxygens (including phenoxy) is 1. The molecule has 1 aliphatic heterocycles. The first-order chi connectivity index (χ1) is 13.7. The largest absolute Gasteiger partial charge is 0.453 e. The molecule has 3 fully saturated rings. The molecule has 5 heteroatoms. The van der Waals surface area contributed by atoms with E-state index in [1.807, 2.05) is 6.92 Å². The van der Waals surface area contributed by atoms with Crippen LogP contribution >= 0.6 is 0 Å². The third-order valence-corrected chi connectivity index (χ3v) is 7.45. The average molecular weight is 399 g/mol. The lowest BCUT2D eigenvalue weighted by Crippen LogP contribution is -2.63. The normalized spacial score (nSPS) is 30.0. The van der Waals surface area contributed by atoms with Gasteiger partial charge in [-0.15, -0.1) is 0 Å². The van der Waals surface area contributed by atoms with E-state index in [-0.39, 0.29) is 17.4 Å². The third-order valence-electron chi connectivity index (χ3n) is 7.45. The number of hydrogen-bond acceptors (Lipinski definition) is 3. The molecule has 1 aromatic rings. The van der Waals surface area contributed by atoms with Gasteiger partial charge in [-0.2, -0.15) is 0 Å². The number of nitrogens with one attached hydrogen (secondary N) is 1. The summed E-state index contributed by atoms with van der Waals surface area (Å²) in [5.41, 5.74) is 2.91. The van der Waals surface area contributed by atoms with E-state index in [9.17, 15) is 9.59 Å². The zero-order valence-electron chi connectivity index (χ0n) is 18.2. The Morgan fingerprint density at radius 2 is 1.93 bits per heavy atom. The molecule has 2 amide bonds. The van der Waals surface area contributed by atoms with E-state index in [2.05, 4.69) is 53.1 Å². The number of alkyl carbamates (subject to hydrolysis) is 1. The van der Waals surface area contributed by atoms with Gasteiger partial charge in [0.25, 0.3) is 0 Å². The molecule has 1 aromatic carbocycles. The second-order valence-corrected chi connectivity index (χ2v) is 10.2. The maximum absolute atomic E-state index is 12.8. The van der Waals surface area contributed by atoms with Crippen LogP contribution in [-0.2, 0) is 9.53 Å². The van der Waals surface area contributed by atoms with Crippen LogP contribution in [0.1, 0.15) is 75.8 Å². The molecule has 1 heterocycles. The molecule has 2 aliphatic carbocycles. The molecule has 2 saturated carbocycles. The van der Waals surface area contributed by atoms with Crippen LogP contribution in [0.4, 0.5) is 4.79 Å². The van der Waals surface area contributed by atoms with Gasteiger partial charge in [-0.05, 0) is 62.0 Å². The maximum Gasteiger partial charge on any atom is 0.407 e. The second kappa shape index (κ2) is 7.33. The van der Waals surface area contributed by atoms with Crippen LogP contribution in [0.5, 0.6) is 0 Å². The van der Waals surface area contributed by atoms with Gasteiger partial charge in [-0.25, -0.2) is 4.79 Å². The number of carbonyl (C=O) groups excluding carboxylic acids is 2. The van der Waals surface area contributed by atoms with E-state index in [1.54, 1.807) is 0 Å². The summed E-state index contributed by atoms with van der Waals surface area (Å²) >= 11 is 0. The van der Waals surface area contributed by atoms with E-state index < -0.39 is 6.09 Å². The highest BCUT2D eigenvalue weighted by Gasteiger charge is 2.53. The molecule has 29 heavy (non-hydrogen) atoms. The Balaban J connectivity index is 1.29. The smallest absolute Gasteiger partial charge is 0.407 e.